The highest BCUT2D eigenvalue weighted by Crippen LogP contribution is 2.33. The minimum Gasteiger partial charge on any atom is -0.267 e. The second-order valence-corrected chi connectivity index (χ2v) is 8.44. The van der Waals surface area contributed by atoms with Crippen LogP contribution in [-0.4, -0.2) is 33.2 Å². The van der Waals surface area contributed by atoms with Gasteiger partial charge in [-0.25, -0.2) is 18.4 Å². The van der Waals surface area contributed by atoms with Crippen molar-refractivity contribution in [2.45, 2.75) is 4.90 Å². The van der Waals surface area contributed by atoms with Crippen LogP contribution in [0.2, 0.25) is 0 Å². The Morgan fingerprint density at radius 1 is 0.967 bits per heavy atom. The second kappa shape index (κ2) is 6.89. The SMILES string of the molecule is Cn1ncc2cccc(-c3nccc4cc(S(=O)(=O)Nc5ccncn5)ccc34)c21. The second-order valence-electron chi connectivity index (χ2n) is 6.75. The lowest BCUT2D eigenvalue weighted by molar-refractivity contribution is 0.601. The van der Waals surface area contributed by atoms with Crippen LogP contribution < -0.4 is 4.72 Å². The van der Waals surface area contributed by atoms with Crippen LogP contribution >= 0.6 is 0 Å². The molecule has 0 bridgehead atoms. The number of rotatable bonds is 4. The highest BCUT2D eigenvalue weighted by Gasteiger charge is 2.17. The van der Waals surface area contributed by atoms with Gasteiger partial charge in [-0.3, -0.25) is 14.4 Å². The lowest BCUT2D eigenvalue weighted by Gasteiger charge is -2.11. The first kappa shape index (κ1) is 18.2. The maximum atomic E-state index is 12.8. The predicted octanol–water partition coefficient (Wildman–Crippen LogP) is 3.38. The van der Waals surface area contributed by atoms with Crippen molar-refractivity contribution in [1.29, 1.82) is 0 Å². The minimum absolute atomic E-state index is 0.143. The Kier molecular flexibility index (Phi) is 4.18. The molecule has 0 aliphatic heterocycles. The van der Waals surface area contributed by atoms with Gasteiger partial charge in [-0.05, 0) is 29.7 Å². The predicted molar refractivity (Wildman–Crippen MR) is 114 cm³/mol. The topological polar surface area (TPSA) is 103 Å². The Hall–Kier alpha value is -3.85. The molecule has 148 valence electrons. The zero-order chi connectivity index (χ0) is 20.7. The van der Waals surface area contributed by atoms with Gasteiger partial charge in [0, 0.05) is 35.8 Å². The Morgan fingerprint density at radius 3 is 2.70 bits per heavy atom. The summed E-state index contributed by atoms with van der Waals surface area (Å²) >= 11 is 0. The molecule has 0 unspecified atom stereocenters. The molecule has 3 aromatic heterocycles. The number of benzene rings is 2. The van der Waals surface area contributed by atoms with Crippen LogP contribution in [0.3, 0.4) is 0 Å². The summed E-state index contributed by atoms with van der Waals surface area (Å²) in [5.41, 5.74) is 2.68. The van der Waals surface area contributed by atoms with Gasteiger partial charge in [0.2, 0.25) is 0 Å². The summed E-state index contributed by atoms with van der Waals surface area (Å²) in [6, 6.07) is 14.2. The van der Waals surface area contributed by atoms with E-state index in [0.717, 1.165) is 32.9 Å². The average molecular weight is 416 g/mol. The highest BCUT2D eigenvalue weighted by molar-refractivity contribution is 7.92. The molecule has 2 aromatic carbocycles. The van der Waals surface area contributed by atoms with Crippen LogP contribution in [0.4, 0.5) is 5.82 Å². The van der Waals surface area contributed by atoms with E-state index in [1.165, 1.54) is 18.6 Å². The molecule has 0 saturated carbocycles. The number of fused-ring (bicyclic) bond motifs is 2. The first-order valence-corrected chi connectivity index (χ1v) is 10.6. The van der Waals surface area contributed by atoms with E-state index in [4.69, 9.17) is 0 Å². The van der Waals surface area contributed by atoms with Crippen LogP contribution in [-0.2, 0) is 17.1 Å². The van der Waals surface area contributed by atoms with E-state index in [1.807, 2.05) is 36.1 Å². The molecule has 0 radical (unpaired) electrons. The molecule has 0 saturated heterocycles. The number of nitrogens with zero attached hydrogens (tertiary/aromatic N) is 5. The summed E-state index contributed by atoms with van der Waals surface area (Å²) in [7, 11) is -1.90. The third-order valence-electron chi connectivity index (χ3n) is 4.88. The molecule has 0 spiro atoms. The number of sulfonamides is 1. The summed E-state index contributed by atoms with van der Waals surface area (Å²) < 4.78 is 29.9. The molecule has 0 amide bonds. The zero-order valence-corrected chi connectivity index (χ0v) is 16.7. The fraction of sp³-hybridized carbons (Fsp3) is 0.0476. The van der Waals surface area contributed by atoms with Crippen molar-refractivity contribution in [1.82, 2.24) is 24.7 Å². The van der Waals surface area contributed by atoms with Gasteiger partial charge in [0.05, 0.1) is 22.3 Å². The minimum atomic E-state index is -3.79. The summed E-state index contributed by atoms with van der Waals surface area (Å²) in [6.45, 7) is 0. The third-order valence-corrected chi connectivity index (χ3v) is 6.24. The summed E-state index contributed by atoms with van der Waals surface area (Å²) in [5.74, 6) is 0.211. The average Bonchev–Trinajstić information content (AvgIpc) is 3.14. The maximum Gasteiger partial charge on any atom is 0.263 e. The first-order valence-electron chi connectivity index (χ1n) is 9.12. The molecule has 0 fully saturated rings. The molecule has 30 heavy (non-hydrogen) atoms. The Bertz CT molecular complexity index is 1500. The smallest absolute Gasteiger partial charge is 0.263 e. The Labute approximate surface area is 172 Å². The number of hydrogen-bond acceptors (Lipinski definition) is 6. The number of para-hydroxylation sites is 1. The van der Waals surface area contributed by atoms with Crippen LogP contribution in [0.5, 0.6) is 0 Å². The van der Waals surface area contributed by atoms with E-state index < -0.39 is 10.0 Å². The van der Waals surface area contributed by atoms with Gasteiger partial charge < -0.3 is 0 Å². The van der Waals surface area contributed by atoms with E-state index >= 15 is 0 Å². The molecule has 8 nitrogen and oxygen atoms in total. The fourth-order valence-corrected chi connectivity index (χ4v) is 4.55. The van der Waals surface area contributed by atoms with Crippen molar-refractivity contribution >= 4 is 37.5 Å². The summed E-state index contributed by atoms with van der Waals surface area (Å²) in [5, 5.41) is 6.98. The van der Waals surface area contributed by atoms with E-state index in [9.17, 15) is 8.42 Å². The van der Waals surface area contributed by atoms with Gasteiger partial charge >= 0.3 is 0 Å². The monoisotopic (exact) mass is 416 g/mol. The summed E-state index contributed by atoms with van der Waals surface area (Å²) in [6.07, 6.45) is 6.26. The fourth-order valence-electron chi connectivity index (χ4n) is 3.51. The lowest BCUT2D eigenvalue weighted by Crippen LogP contribution is -2.13. The van der Waals surface area contributed by atoms with Crippen LogP contribution in [0.1, 0.15) is 0 Å². The highest BCUT2D eigenvalue weighted by atomic mass is 32.2. The molecule has 0 aliphatic carbocycles. The number of pyridine rings is 1. The van der Waals surface area contributed by atoms with Crippen LogP contribution in [0, 0.1) is 0 Å². The van der Waals surface area contributed by atoms with E-state index in [0.29, 0.717) is 0 Å². The van der Waals surface area contributed by atoms with Crippen molar-refractivity contribution < 1.29 is 8.42 Å². The molecule has 9 heteroatoms. The number of hydrogen-bond donors (Lipinski definition) is 1. The van der Waals surface area contributed by atoms with Crippen molar-refractivity contribution in [3.8, 4) is 11.3 Å². The quantitative estimate of drug-likeness (QED) is 0.482. The molecule has 0 atom stereocenters. The van der Waals surface area contributed by atoms with Gasteiger partial charge in [-0.1, -0.05) is 24.3 Å². The van der Waals surface area contributed by atoms with Crippen LogP contribution in [0.25, 0.3) is 32.9 Å². The van der Waals surface area contributed by atoms with Crippen molar-refractivity contribution in [2.75, 3.05) is 4.72 Å². The third kappa shape index (κ3) is 3.05. The molecular weight excluding hydrogens is 400 g/mol. The standard InChI is InChI=1S/C21H16N6O2S/c1-27-21-15(12-25-27)3-2-4-18(21)20-17-6-5-16(11-14(17)7-10-23-20)30(28,29)26-19-8-9-22-13-24-19/h2-13H,1H3,(H,22,24,26). The normalized spacial score (nSPS) is 11.8. The van der Waals surface area contributed by atoms with Gasteiger partial charge in [-0.15, -0.1) is 0 Å². The van der Waals surface area contributed by atoms with Crippen molar-refractivity contribution in [3.05, 3.63) is 73.4 Å². The van der Waals surface area contributed by atoms with E-state index in [1.54, 1.807) is 30.5 Å². The Morgan fingerprint density at radius 2 is 1.87 bits per heavy atom. The van der Waals surface area contributed by atoms with Crippen LogP contribution in [0.15, 0.2) is 78.3 Å². The number of nitrogens with one attached hydrogen (secondary N) is 1. The molecular formula is C21H16N6O2S. The van der Waals surface area contributed by atoms with Gasteiger partial charge in [-0.2, -0.15) is 5.10 Å². The maximum absolute atomic E-state index is 12.8. The molecule has 1 N–H and O–H groups in total. The van der Waals surface area contributed by atoms with Gasteiger partial charge in [0.25, 0.3) is 10.0 Å². The lowest BCUT2D eigenvalue weighted by atomic mass is 10.0. The van der Waals surface area contributed by atoms with Gasteiger partial charge in [0.1, 0.15) is 12.1 Å². The Balaban J connectivity index is 1.63. The van der Waals surface area contributed by atoms with Crippen molar-refractivity contribution in [2.24, 2.45) is 7.05 Å². The molecule has 3 heterocycles. The van der Waals surface area contributed by atoms with Gasteiger partial charge in [0.15, 0.2) is 0 Å². The molecule has 5 rings (SSSR count). The van der Waals surface area contributed by atoms with E-state index in [-0.39, 0.29) is 10.7 Å². The number of aromatic nitrogens is 5. The summed E-state index contributed by atoms with van der Waals surface area (Å²) in [4.78, 5) is 12.4. The van der Waals surface area contributed by atoms with Crippen molar-refractivity contribution in [3.63, 3.8) is 0 Å². The number of anilines is 1. The van der Waals surface area contributed by atoms with E-state index in [2.05, 4.69) is 24.8 Å². The molecule has 0 aliphatic rings. The number of aryl methyl sites for hydroxylation is 1. The zero-order valence-electron chi connectivity index (χ0n) is 15.9. The largest absolute Gasteiger partial charge is 0.267 e. The first-order chi connectivity index (χ1) is 14.5. The molecule has 5 aromatic rings.